The van der Waals surface area contributed by atoms with Gasteiger partial charge >= 0.3 is 5.97 Å². The SMILES string of the molecule is CCOC(=O)Cc1nc(-c2cn[nH]n2)no1. The summed E-state index contributed by atoms with van der Waals surface area (Å²) in [5, 5.41) is 13.5. The molecular formula is C8H9N5O3. The van der Waals surface area contributed by atoms with Crippen LogP contribution in [0.2, 0.25) is 0 Å². The molecule has 0 aliphatic carbocycles. The van der Waals surface area contributed by atoms with Gasteiger partial charge in [-0.15, -0.1) is 0 Å². The van der Waals surface area contributed by atoms with Crippen LogP contribution in [0.3, 0.4) is 0 Å². The highest BCUT2D eigenvalue weighted by atomic mass is 16.5. The van der Waals surface area contributed by atoms with Gasteiger partial charge in [0, 0.05) is 0 Å². The number of hydrogen-bond acceptors (Lipinski definition) is 7. The molecule has 1 N–H and O–H groups in total. The van der Waals surface area contributed by atoms with Gasteiger partial charge in [0.25, 0.3) is 0 Å². The first kappa shape index (κ1) is 10.3. The molecular weight excluding hydrogens is 214 g/mol. The molecule has 16 heavy (non-hydrogen) atoms. The smallest absolute Gasteiger partial charge is 0.315 e. The molecule has 2 aromatic heterocycles. The minimum atomic E-state index is -0.405. The van der Waals surface area contributed by atoms with Gasteiger partial charge in [0.1, 0.15) is 6.42 Å². The summed E-state index contributed by atoms with van der Waals surface area (Å²) in [6.45, 7) is 2.05. The molecule has 0 aliphatic heterocycles. The number of carbonyl (C=O) groups excluding carboxylic acids is 1. The molecule has 84 valence electrons. The number of esters is 1. The molecule has 0 saturated heterocycles. The van der Waals surface area contributed by atoms with Gasteiger partial charge in [-0.05, 0) is 6.92 Å². The quantitative estimate of drug-likeness (QED) is 0.724. The molecule has 0 atom stereocenters. The van der Waals surface area contributed by atoms with Crippen LogP contribution in [0.1, 0.15) is 12.8 Å². The lowest BCUT2D eigenvalue weighted by Gasteiger charge is -1.95. The molecule has 0 radical (unpaired) electrons. The Morgan fingerprint density at radius 2 is 2.50 bits per heavy atom. The van der Waals surface area contributed by atoms with E-state index in [1.807, 2.05) is 0 Å². The zero-order chi connectivity index (χ0) is 11.4. The molecule has 0 aromatic carbocycles. The van der Waals surface area contributed by atoms with Crippen LogP contribution < -0.4 is 0 Å². The van der Waals surface area contributed by atoms with Crippen molar-refractivity contribution in [3.8, 4) is 11.5 Å². The number of nitrogens with one attached hydrogen (secondary N) is 1. The fourth-order valence-electron chi connectivity index (χ4n) is 1.08. The maximum absolute atomic E-state index is 11.1. The van der Waals surface area contributed by atoms with Crippen LogP contribution in [-0.2, 0) is 16.0 Å². The predicted molar refractivity (Wildman–Crippen MR) is 50.0 cm³/mol. The number of H-pyrrole nitrogens is 1. The molecule has 0 spiro atoms. The summed E-state index contributed by atoms with van der Waals surface area (Å²) in [5.74, 6) is 0.0716. The Morgan fingerprint density at radius 3 is 3.19 bits per heavy atom. The number of aromatic amines is 1. The Bertz CT molecular complexity index is 464. The summed E-state index contributed by atoms with van der Waals surface area (Å²) in [6.07, 6.45) is 1.41. The van der Waals surface area contributed by atoms with Crippen LogP contribution in [-0.4, -0.2) is 38.1 Å². The number of nitrogens with zero attached hydrogens (tertiary/aromatic N) is 4. The van der Waals surface area contributed by atoms with Gasteiger partial charge in [0.15, 0.2) is 5.69 Å². The summed E-state index contributed by atoms with van der Waals surface area (Å²) in [6, 6.07) is 0. The van der Waals surface area contributed by atoms with Crippen LogP contribution in [0.4, 0.5) is 0 Å². The minimum Gasteiger partial charge on any atom is -0.466 e. The molecule has 2 aromatic rings. The summed E-state index contributed by atoms with van der Waals surface area (Å²) < 4.78 is 9.61. The van der Waals surface area contributed by atoms with E-state index in [9.17, 15) is 4.79 Å². The highest BCUT2D eigenvalue weighted by Gasteiger charge is 2.14. The summed E-state index contributed by atoms with van der Waals surface area (Å²) in [5.41, 5.74) is 0.457. The van der Waals surface area contributed by atoms with E-state index < -0.39 is 5.97 Å². The van der Waals surface area contributed by atoms with E-state index in [0.29, 0.717) is 12.3 Å². The lowest BCUT2D eigenvalue weighted by Crippen LogP contribution is -2.07. The third kappa shape index (κ3) is 2.22. The van der Waals surface area contributed by atoms with Crippen LogP contribution in [0.5, 0.6) is 0 Å². The summed E-state index contributed by atoms with van der Waals surface area (Å²) >= 11 is 0. The van der Waals surface area contributed by atoms with Crippen LogP contribution in [0, 0.1) is 0 Å². The number of ether oxygens (including phenoxy) is 1. The van der Waals surface area contributed by atoms with E-state index in [-0.39, 0.29) is 18.1 Å². The second-order valence-corrected chi connectivity index (χ2v) is 2.85. The van der Waals surface area contributed by atoms with E-state index in [1.165, 1.54) is 6.20 Å². The molecule has 2 heterocycles. The maximum Gasteiger partial charge on any atom is 0.315 e. The van der Waals surface area contributed by atoms with Gasteiger partial charge in [-0.3, -0.25) is 4.79 Å². The van der Waals surface area contributed by atoms with Gasteiger partial charge in [0.2, 0.25) is 11.7 Å². The third-order valence-corrected chi connectivity index (χ3v) is 1.71. The Labute approximate surface area is 90.0 Å². The molecule has 8 heteroatoms. The average Bonchev–Trinajstić information content (AvgIpc) is 2.86. The second-order valence-electron chi connectivity index (χ2n) is 2.85. The highest BCUT2D eigenvalue weighted by molar-refractivity contribution is 5.71. The maximum atomic E-state index is 11.1. The number of hydrogen-bond donors (Lipinski definition) is 1. The minimum absolute atomic E-state index is 0.0430. The van der Waals surface area contributed by atoms with Gasteiger partial charge in [-0.25, -0.2) is 0 Å². The first-order valence-corrected chi connectivity index (χ1v) is 4.64. The lowest BCUT2D eigenvalue weighted by molar-refractivity contribution is -0.142. The van der Waals surface area contributed by atoms with E-state index in [4.69, 9.17) is 9.26 Å². The highest BCUT2D eigenvalue weighted by Crippen LogP contribution is 2.10. The van der Waals surface area contributed by atoms with Gasteiger partial charge < -0.3 is 9.26 Å². The van der Waals surface area contributed by atoms with Crippen molar-refractivity contribution >= 4 is 5.97 Å². The monoisotopic (exact) mass is 223 g/mol. The fourth-order valence-corrected chi connectivity index (χ4v) is 1.08. The van der Waals surface area contributed by atoms with Gasteiger partial charge in [-0.1, -0.05) is 5.16 Å². The standard InChI is InChI=1S/C8H9N5O3/c1-2-15-7(14)3-6-10-8(12-16-6)5-4-9-13-11-5/h4H,2-3H2,1H3,(H,9,11,13). The van der Waals surface area contributed by atoms with Crippen molar-refractivity contribution in [3.05, 3.63) is 12.1 Å². The largest absolute Gasteiger partial charge is 0.466 e. The van der Waals surface area contributed by atoms with E-state index in [0.717, 1.165) is 0 Å². The molecule has 2 rings (SSSR count). The Morgan fingerprint density at radius 1 is 1.62 bits per heavy atom. The van der Waals surface area contributed by atoms with Crippen molar-refractivity contribution in [2.24, 2.45) is 0 Å². The van der Waals surface area contributed by atoms with Crippen molar-refractivity contribution in [1.29, 1.82) is 0 Å². The number of aromatic nitrogens is 5. The fraction of sp³-hybridized carbons (Fsp3) is 0.375. The summed E-state index contributed by atoms with van der Waals surface area (Å²) in [4.78, 5) is 15.1. The number of rotatable bonds is 4. The summed E-state index contributed by atoms with van der Waals surface area (Å²) in [7, 11) is 0. The van der Waals surface area contributed by atoms with Gasteiger partial charge in [-0.2, -0.15) is 20.4 Å². The number of carbonyl (C=O) groups is 1. The van der Waals surface area contributed by atoms with Crippen molar-refractivity contribution in [2.45, 2.75) is 13.3 Å². The van der Waals surface area contributed by atoms with E-state index in [1.54, 1.807) is 6.92 Å². The van der Waals surface area contributed by atoms with Crippen molar-refractivity contribution in [2.75, 3.05) is 6.61 Å². The average molecular weight is 223 g/mol. The van der Waals surface area contributed by atoms with Crippen LogP contribution in [0.15, 0.2) is 10.7 Å². The van der Waals surface area contributed by atoms with E-state index >= 15 is 0 Å². The predicted octanol–water partition coefficient (Wildman–Crippen LogP) is -0.0397. The molecule has 0 saturated carbocycles. The Hall–Kier alpha value is -2.25. The zero-order valence-electron chi connectivity index (χ0n) is 8.51. The topological polar surface area (TPSA) is 107 Å². The first-order chi connectivity index (χ1) is 7.79. The lowest BCUT2D eigenvalue weighted by atomic mass is 10.4. The molecule has 0 bridgehead atoms. The van der Waals surface area contributed by atoms with Crippen molar-refractivity contribution in [3.63, 3.8) is 0 Å². The first-order valence-electron chi connectivity index (χ1n) is 4.64. The van der Waals surface area contributed by atoms with Crippen LogP contribution in [0.25, 0.3) is 11.5 Å². The normalized spacial score (nSPS) is 10.3. The van der Waals surface area contributed by atoms with Crippen LogP contribution >= 0.6 is 0 Å². The van der Waals surface area contributed by atoms with Crippen molar-refractivity contribution < 1.29 is 14.1 Å². The molecule has 0 amide bonds. The van der Waals surface area contributed by atoms with Gasteiger partial charge in [0.05, 0.1) is 12.8 Å². The Balaban J connectivity index is 2.06. The Kier molecular flexibility index (Phi) is 2.90. The van der Waals surface area contributed by atoms with E-state index in [2.05, 4.69) is 25.6 Å². The molecule has 8 nitrogen and oxygen atoms in total. The zero-order valence-corrected chi connectivity index (χ0v) is 8.51. The molecule has 0 aliphatic rings. The van der Waals surface area contributed by atoms with Crippen molar-refractivity contribution in [1.82, 2.24) is 25.6 Å². The molecule has 0 unspecified atom stereocenters. The molecule has 0 fully saturated rings. The second kappa shape index (κ2) is 4.51. The third-order valence-electron chi connectivity index (χ3n) is 1.71.